The first-order valence-corrected chi connectivity index (χ1v) is 7.29. The average molecular weight is 335 g/mol. The Bertz CT molecular complexity index is 630. The van der Waals surface area contributed by atoms with Crippen molar-refractivity contribution in [1.29, 1.82) is 0 Å². The first-order valence-electron chi connectivity index (χ1n) is 6.50. The molecule has 1 N–H and O–H groups in total. The summed E-state index contributed by atoms with van der Waals surface area (Å²) in [6.45, 7) is 0. The molecular formula is C15H15BrN2O2. The highest BCUT2D eigenvalue weighted by atomic mass is 79.9. The van der Waals surface area contributed by atoms with Gasteiger partial charge in [-0.05, 0) is 59.1 Å². The fourth-order valence-corrected chi connectivity index (χ4v) is 2.59. The number of carbonyl (C=O) groups is 1. The Morgan fingerprint density at radius 2 is 2.05 bits per heavy atom. The van der Waals surface area contributed by atoms with E-state index < -0.39 is 0 Å². The minimum Gasteiger partial charge on any atom is -0.497 e. The number of anilines is 1. The minimum atomic E-state index is -0.0900. The molecule has 4 nitrogen and oxygen atoms in total. The fourth-order valence-electron chi connectivity index (χ4n) is 2.15. The Morgan fingerprint density at radius 1 is 1.35 bits per heavy atom. The van der Waals surface area contributed by atoms with Gasteiger partial charge in [-0.3, -0.25) is 4.79 Å². The molecule has 1 aromatic heterocycles. The second-order valence-corrected chi connectivity index (χ2v) is 5.78. The van der Waals surface area contributed by atoms with Crippen molar-refractivity contribution in [2.75, 3.05) is 12.4 Å². The van der Waals surface area contributed by atoms with E-state index in [-0.39, 0.29) is 5.91 Å². The second kappa shape index (κ2) is 5.32. The van der Waals surface area contributed by atoms with Gasteiger partial charge in [0, 0.05) is 22.4 Å². The second-order valence-electron chi connectivity index (χ2n) is 4.86. The maximum atomic E-state index is 12.4. The van der Waals surface area contributed by atoms with Gasteiger partial charge in [-0.2, -0.15) is 0 Å². The van der Waals surface area contributed by atoms with Crippen LogP contribution in [0.4, 0.5) is 5.69 Å². The molecule has 1 aliphatic rings. The number of benzene rings is 1. The number of halogens is 1. The monoisotopic (exact) mass is 334 g/mol. The third kappa shape index (κ3) is 2.72. The van der Waals surface area contributed by atoms with Crippen molar-refractivity contribution in [3.05, 3.63) is 46.7 Å². The summed E-state index contributed by atoms with van der Waals surface area (Å²) in [5.74, 6) is 0.680. The zero-order valence-corrected chi connectivity index (χ0v) is 12.7. The summed E-state index contributed by atoms with van der Waals surface area (Å²) in [5, 5.41) is 2.91. The lowest BCUT2D eigenvalue weighted by atomic mass is 10.3. The van der Waals surface area contributed by atoms with Crippen LogP contribution in [-0.4, -0.2) is 17.6 Å². The van der Waals surface area contributed by atoms with Crippen LogP contribution in [0.25, 0.3) is 0 Å². The predicted octanol–water partition coefficient (Wildman–Crippen LogP) is 3.85. The number of methoxy groups -OCH3 is 1. The van der Waals surface area contributed by atoms with Gasteiger partial charge < -0.3 is 14.6 Å². The predicted molar refractivity (Wildman–Crippen MR) is 81.4 cm³/mol. The highest BCUT2D eigenvalue weighted by Gasteiger charge is 2.27. The summed E-state index contributed by atoms with van der Waals surface area (Å²) in [6.07, 6.45) is 4.26. The van der Waals surface area contributed by atoms with Gasteiger partial charge in [0.1, 0.15) is 11.4 Å². The van der Waals surface area contributed by atoms with E-state index in [4.69, 9.17) is 4.74 Å². The quantitative estimate of drug-likeness (QED) is 0.922. The van der Waals surface area contributed by atoms with Crippen LogP contribution in [0.1, 0.15) is 29.4 Å². The number of ether oxygens (including phenoxy) is 1. The van der Waals surface area contributed by atoms with Crippen molar-refractivity contribution in [2.45, 2.75) is 18.9 Å². The number of nitrogens with zero attached hydrogens (tertiary/aromatic N) is 1. The van der Waals surface area contributed by atoms with E-state index in [1.165, 1.54) is 0 Å². The fraction of sp³-hybridized carbons (Fsp3) is 0.267. The molecule has 0 atom stereocenters. The third-order valence-corrected chi connectivity index (χ3v) is 3.77. The third-order valence-electron chi connectivity index (χ3n) is 3.34. The van der Waals surface area contributed by atoms with Gasteiger partial charge in [-0.1, -0.05) is 0 Å². The van der Waals surface area contributed by atoms with E-state index >= 15 is 0 Å². The van der Waals surface area contributed by atoms with Gasteiger partial charge in [-0.15, -0.1) is 0 Å². The number of hydrogen-bond donors (Lipinski definition) is 1. The lowest BCUT2D eigenvalue weighted by molar-refractivity contribution is 0.101. The molecule has 1 heterocycles. The molecule has 0 unspecified atom stereocenters. The number of aromatic nitrogens is 1. The summed E-state index contributed by atoms with van der Waals surface area (Å²) < 4.78 is 8.08. The summed E-state index contributed by atoms with van der Waals surface area (Å²) in [6, 6.07) is 9.64. The topological polar surface area (TPSA) is 43.3 Å². The van der Waals surface area contributed by atoms with Crippen molar-refractivity contribution in [3.8, 4) is 5.75 Å². The molecule has 0 spiro atoms. The maximum absolute atomic E-state index is 12.4. The Hall–Kier alpha value is -1.75. The number of hydrogen-bond acceptors (Lipinski definition) is 2. The highest BCUT2D eigenvalue weighted by Crippen LogP contribution is 2.37. The molecular weight excluding hydrogens is 320 g/mol. The van der Waals surface area contributed by atoms with Crippen LogP contribution in [0.5, 0.6) is 5.75 Å². The van der Waals surface area contributed by atoms with Crippen molar-refractivity contribution in [2.24, 2.45) is 0 Å². The zero-order valence-electron chi connectivity index (χ0n) is 11.1. The first kappa shape index (κ1) is 13.2. The van der Waals surface area contributed by atoms with E-state index in [1.54, 1.807) is 7.11 Å². The van der Waals surface area contributed by atoms with Crippen LogP contribution < -0.4 is 10.1 Å². The molecule has 20 heavy (non-hydrogen) atoms. The minimum absolute atomic E-state index is 0.0900. The van der Waals surface area contributed by atoms with Crippen LogP contribution >= 0.6 is 15.9 Å². The Balaban J connectivity index is 1.78. The Labute approximate surface area is 125 Å². The normalized spacial score (nSPS) is 14.1. The molecule has 2 aromatic rings. The first-order chi connectivity index (χ1) is 9.67. The van der Waals surface area contributed by atoms with Gasteiger partial charge in [0.25, 0.3) is 5.91 Å². The molecule has 0 bridgehead atoms. The van der Waals surface area contributed by atoms with E-state index in [1.807, 2.05) is 41.1 Å². The van der Waals surface area contributed by atoms with E-state index in [9.17, 15) is 4.79 Å². The zero-order chi connectivity index (χ0) is 14.1. The number of rotatable bonds is 4. The van der Waals surface area contributed by atoms with Crippen molar-refractivity contribution >= 4 is 27.5 Å². The molecule has 0 radical (unpaired) electrons. The number of amides is 1. The van der Waals surface area contributed by atoms with Crippen molar-refractivity contribution in [3.63, 3.8) is 0 Å². The van der Waals surface area contributed by atoms with Crippen molar-refractivity contribution < 1.29 is 9.53 Å². The van der Waals surface area contributed by atoms with Crippen LogP contribution in [-0.2, 0) is 0 Å². The molecule has 3 rings (SSSR count). The molecule has 1 saturated carbocycles. The van der Waals surface area contributed by atoms with Crippen molar-refractivity contribution in [1.82, 2.24) is 4.57 Å². The SMILES string of the molecule is COc1ccc(NC(=O)c2cc(Br)cn2C2CC2)cc1. The molecule has 0 aliphatic heterocycles. The summed E-state index contributed by atoms with van der Waals surface area (Å²) >= 11 is 3.43. The highest BCUT2D eigenvalue weighted by molar-refractivity contribution is 9.10. The molecule has 1 aliphatic carbocycles. The summed E-state index contributed by atoms with van der Waals surface area (Å²) in [7, 11) is 1.62. The molecule has 1 fully saturated rings. The van der Waals surface area contributed by atoms with Gasteiger partial charge in [-0.25, -0.2) is 0 Å². The van der Waals surface area contributed by atoms with Crippen LogP contribution in [0.3, 0.4) is 0 Å². The summed E-state index contributed by atoms with van der Waals surface area (Å²) in [4.78, 5) is 12.4. The smallest absolute Gasteiger partial charge is 0.272 e. The molecule has 104 valence electrons. The molecule has 1 amide bonds. The average Bonchev–Trinajstić information content (AvgIpc) is 3.22. The lowest BCUT2D eigenvalue weighted by Gasteiger charge is -2.09. The van der Waals surface area contributed by atoms with Crippen LogP contribution in [0.15, 0.2) is 41.0 Å². The molecule has 0 saturated heterocycles. The van der Waals surface area contributed by atoms with E-state index in [2.05, 4.69) is 21.2 Å². The standard InChI is InChI=1S/C15H15BrN2O2/c1-20-13-6-2-11(3-7-13)17-15(19)14-8-10(16)9-18(14)12-4-5-12/h2-3,6-9,12H,4-5H2,1H3,(H,17,19). The van der Waals surface area contributed by atoms with Crippen LogP contribution in [0.2, 0.25) is 0 Å². The largest absolute Gasteiger partial charge is 0.497 e. The molecule has 5 heteroatoms. The maximum Gasteiger partial charge on any atom is 0.272 e. The Kier molecular flexibility index (Phi) is 3.53. The van der Waals surface area contributed by atoms with E-state index in [0.717, 1.165) is 28.8 Å². The number of nitrogens with one attached hydrogen (secondary N) is 1. The van der Waals surface area contributed by atoms with Crippen LogP contribution in [0, 0.1) is 0 Å². The van der Waals surface area contributed by atoms with Gasteiger partial charge in [0.05, 0.1) is 7.11 Å². The molecule has 1 aromatic carbocycles. The lowest BCUT2D eigenvalue weighted by Crippen LogP contribution is -2.16. The van der Waals surface area contributed by atoms with Gasteiger partial charge in [0.15, 0.2) is 0 Å². The Morgan fingerprint density at radius 3 is 2.65 bits per heavy atom. The van der Waals surface area contributed by atoms with Gasteiger partial charge in [0.2, 0.25) is 0 Å². The van der Waals surface area contributed by atoms with E-state index in [0.29, 0.717) is 11.7 Å². The van der Waals surface area contributed by atoms with Gasteiger partial charge >= 0.3 is 0 Å². The number of carbonyl (C=O) groups excluding carboxylic acids is 1. The summed E-state index contributed by atoms with van der Waals surface area (Å²) in [5.41, 5.74) is 1.45.